The molecule has 0 saturated carbocycles. The number of hydrogen-bond donors (Lipinski definition) is 2. The topological polar surface area (TPSA) is 49.3 Å². The van der Waals surface area contributed by atoms with Gasteiger partial charge in [-0.3, -0.25) is 4.79 Å². The highest BCUT2D eigenvalue weighted by Crippen LogP contribution is 2.33. The molecule has 0 bridgehead atoms. The number of hydrogen-bond acceptors (Lipinski definition) is 2. The van der Waals surface area contributed by atoms with Gasteiger partial charge in [-0.05, 0) is 18.2 Å². The predicted molar refractivity (Wildman–Crippen MR) is 52.2 cm³/mol. The predicted octanol–water partition coefficient (Wildman–Crippen LogP) is 2.29. The third-order valence-electron chi connectivity index (χ3n) is 1.71. The van der Waals surface area contributed by atoms with Crippen molar-refractivity contribution in [1.82, 2.24) is 0 Å². The van der Waals surface area contributed by atoms with Crippen LogP contribution in [0, 0.1) is 0 Å². The summed E-state index contributed by atoms with van der Waals surface area (Å²) in [5.41, 5.74) is -1.11. The minimum atomic E-state index is -4.51. The zero-order valence-electron chi connectivity index (χ0n) is 7.81. The Morgan fingerprint density at radius 3 is 2.56 bits per heavy atom. The van der Waals surface area contributed by atoms with Crippen LogP contribution in [0.1, 0.15) is 5.56 Å². The number of anilines is 1. The summed E-state index contributed by atoms with van der Waals surface area (Å²) in [5.74, 6) is -0.832. The van der Waals surface area contributed by atoms with Gasteiger partial charge in [0, 0.05) is 0 Å². The van der Waals surface area contributed by atoms with E-state index in [0.29, 0.717) is 6.07 Å². The second kappa shape index (κ2) is 4.71. The number of rotatable bonds is 2. The number of amides is 1. The summed E-state index contributed by atoms with van der Waals surface area (Å²) < 4.78 is 36.9. The third kappa shape index (κ3) is 3.11. The van der Waals surface area contributed by atoms with Gasteiger partial charge in [-0.25, -0.2) is 0 Å². The SMILES string of the molecule is O=C(CO)Nc1cc(C(F)(F)F)ccc1Cl. The first-order valence-corrected chi connectivity index (χ1v) is 4.50. The summed E-state index contributed by atoms with van der Waals surface area (Å²) in [6.45, 7) is -0.827. The van der Waals surface area contributed by atoms with Crippen LogP contribution in [-0.4, -0.2) is 17.6 Å². The highest BCUT2D eigenvalue weighted by atomic mass is 35.5. The number of aliphatic hydroxyl groups excluding tert-OH is 1. The first-order chi connectivity index (χ1) is 7.34. The van der Waals surface area contributed by atoms with Crippen molar-refractivity contribution in [2.75, 3.05) is 11.9 Å². The van der Waals surface area contributed by atoms with Crippen molar-refractivity contribution in [2.45, 2.75) is 6.18 Å². The highest BCUT2D eigenvalue weighted by molar-refractivity contribution is 6.33. The number of nitrogens with one attached hydrogen (secondary N) is 1. The molecule has 2 N–H and O–H groups in total. The lowest BCUT2D eigenvalue weighted by Crippen LogP contribution is -2.16. The van der Waals surface area contributed by atoms with Gasteiger partial charge in [0.1, 0.15) is 6.61 Å². The van der Waals surface area contributed by atoms with Crippen molar-refractivity contribution in [1.29, 1.82) is 0 Å². The fourth-order valence-corrected chi connectivity index (χ4v) is 1.15. The Hall–Kier alpha value is -1.27. The minimum absolute atomic E-state index is 0.0326. The summed E-state index contributed by atoms with van der Waals surface area (Å²) in [6.07, 6.45) is -4.51. The average Bonchev–Trinajstić information content (AvgIpc) is 2.19. The lowest BCUT2D eigenvalue weighted by atomic mass is 10.2. The summed E-state index contributed by atoms with van der Waals surface area (Å²) in [4.78, 5) is 10.8. The molecule has 0 unspecified atom stereocenters. The van der Waals surface area contributed by atoms with E-state index in [1.165, 1.54) is 0 Å². The van der Waals surface area contributed by atoms with Crippen LogP contribution in [0.3, 0.4) is 0 Å². The molecule has 88 valence electrons. The Morgan fingerprint density at radius 1 is 1.44 bits per heavy atom. The molecule has 0 aromatic heterocycles. The molecule has 0 aliphatic heterocycles. The molecule has 0 saturated heterocycles. The Balaban J connectivity index is 3.04. The normalized spacial score (nSPS) is 11.3. The van der Waals surface area contributed by atoms with Gasteiger partial charge in [0.05, 0.1) is 16.3 Å². The molecule has 1 amide bonds. The van der Waals surface area contributed by atoms with Gasteiger partial charge in [-0.15, -0.1) is 0 Å². The molecular formula is C9H7ClF3NO2. The first-order valence-electron chi connectivity index (χ1n) is 4.12. The largest absolute Gasteiger partial charge is 0.416 e. The number of aliphatic hydroxyl groups is 1. The standard InChI is InChI=1S/C9H7ClF3NO2/c10-6-2-1-5(9(11,12)13)3-7(6)14-8(16)4-15/h1-3,15H,4H2,(H,14,16). The number of carbonyl (C=O) groups is 1. The van der Waals surface area contributed by atoms with Crippen LogP contribution < -0.4 is 5.32 Å². The zero-order valence-corrected chi connectivity index (χ0v) is 8.56. The molecule has 0 radical (unpaired) electrons. The second-order valence-electron chi connectivity index (χ2n) is 2.90. The summed E-state index contributed by atoms with van der Waals surface area (Å²) in [5, 5.41) is 10.5. The summed E-state index contributed by atoms with van der Waals surface area (Å²) >= 11 is 5.58. The molecule has 0 aliphatic carbocycles. The number of halogens is 4. The Bertz CT molecular complexity index is 406. The second-order valence-corrected chi connectivity index (χ2v) is 3.31. The van der Waals surface area contributed by atoms with Gasteiger partial charge in [0.2, 0.25) is 5.91 Å². The van der Waals surface area contributed by atoms with Gasteiger partial charge in [0.15, 0.2) is 0 Å². The molecule has 0 aliphatic rings. The van der Waals surface area contributed by atoms with E-state index in [4.69, 9.17) is 16.7 Å². The van der Waals surface area contributed by atoms with Crippen LogP contribution in [0.4, 0.5) is 18.9 Å². The molecule has 7 heteroatoms. The van der Waals surface area contributed by atoms with Crippen molar-refractivity contribution in [3.63, 3.8) is 0 Å². The lowest BCUT2D eigenvalue weighted by molar-refractivity contribution is -0.137. The van der Waals surface area contributed by atoms with Crippen molar-refractivity contribution >= 4 is 23.2 Å². The molecule has 0 fully saturated rings. The smallest absolute Gasteiger partial charge is 0.387 e. The Labute approximate surface area is 93.8 Å². The van der Waals surface area contributed by atoms with Gasteiger partial charge in [-0.1, -0.05) is 11.6 Å². The van der Waals surface area contributed by atoms with Crippen LogP contribution in [0.2, 0.25) is 5.02 Å². The van der Waals surface area contributed by atoms with Crippen LogP contribution in [0.25, 0.3) is 0 Å². The van der Waals surface area contributed by atoms with Gasteiger partial charge in [-0.2, -0.15) is 13.2 Å². The van der Waals surface area contributed by atoms with E-state index in [1.807, 2.05) is 0 Å². The molecule has 0 spiro atoms. The fraction of sp³-hybridized carbons (Fsp3) is 0.222. The van der Waals surface area contributed by atoms with E-state index >= 15 is 0 Å². The van der Waals surface area contributed by atoms with Gasteiger partial charge in [0.25, 0.3) is 0 Å². The van der Waals surface area contributed by atoms with Gasteiger partial charge >= 0.3 is 6.18 Å². The molecule has 16 heavy (non-hydrogen) atoms. The molecule has 3 nitrogen and oxygen atoms in total. The summed E-state index contributed by atoms with van der Waals surface area (Å²) in [7, 11) is 0. The highest BCUT2D eigenvalue weighted by Gasteiger charge is 2.31. The van der Waals surface area contributed by atoms with Crippen LogP contribution >= 0.6 is 11.6 Å². The average molecular weight is 254 g/mol. The van der Waals surface area contributed by atoms with Crippen molar-refractivity contribution in [2.24, 2.45) is 0 Å². The molecule has 0 heterocycles. The monoisotopic (exact) mass is 253 g/mol. The number of benzene rings is 1. The third-order valence-corrected chi connectivity index (χ3v) is 2.04. The van der Waals surface area contributed by atoms with Gasteiger partial charge < -0.3 is 10.4 Å². The number of alkyl halides is 3. The molecular weight excluding hydrogens is 247 g/mol. The Morgan fingerprint density at radius 2 is 2.06 bits per heavy atom. The van der Waals surface area contributed by atoms with Crippen LogP contribution in [-0.2, 0) is 11.0 Å². The fourth-order valence-electron chi connectivity index (χ4n) is 0.987. The maximum Gasteiger partial charge on any atom is 0.416 e. The van der Waals surface area contributed by atoms with Crippen LogP contribution in [0.15, 0.2) is 18.2 Å². The quantitative estimate of drug-likeness (QED) is 0.850. The van der Waals surface area contributed by atoms with E-state index in [9.17, 15) is 18.0 Å². The minimum Gasteiger partial charge on any atom is -0.387 e. The first kappa shape index (κ1) is 12.8. The molecule has 1 rings (SSSR count). The van der Waals surface area contributed by atoms with Crippen molar-refractivity contribution < 1.29 is 23.1 Å². The maximum atomic E-state index is 12.3. The molecule has 1 aromatic rings. The molecule has 0 atom stereocenters. The zero-order chi connectivity index (χ0) is 12.3. The van der Waals surface area contributed by atoms with E-state index in [0.717, 1.165) is 12.1 Å². The Kier molecular flexibility index (Phi) is 3.77. The molecule has 1 aromatic carbocycles. The summed E-state index contributed by atoms with van der Waals surface area (Å²) in [6, 6.07) is 2.53. The van der Waals surface area contributed by atoms with E-state index in [-0.39, 0.29) is 10.7 Å². The van der Waals surface area contributed by atoms with Crippen LogP contribution in [0.5, 0.6) is 0 Å². The van der Waals surface area contributed by atoms with Crippen molar-refractivity contribution in [3.8, 4) is 0 Å². The van der Waals surface area contributed by atoms with E-state index in [1.54, 1.807) is 0 Å². The maximum absolute atomic E-state index is 12.3. The van der Waals surface area contributed by atoms with Crippen molar-refractivity contribution in [3.05, 3.63) is 28.8 Å². The van der Waals surface area contributed by atoms with E-state index in [2.05, 4.69) is 5.32 Å². The van der Waals surface area contributed by atoms with E-state index < -0.39 is 24.3 Å². The lowest BCUT2D eigenvalue weighted by Gasteiger charge is -2.10. The number of carbonyl (C=O) groups excluding carboxylic acids is 1.